The first-order valence-electron chi connectivity index (χ1n) is 6.88. The number of thiocarbonyl (C=S) groups is 1. The van der Waals surface area contributed by atoms with E-state index in [9.17, 15) is 4.79 Å². The van der Waals surface area contributed by atoms with Crippen LogP contribution in [-0.4, -0.2) is 41.1 Å². The van der Waals surface area contributed by atoms with Gasteiger partial charge in [0.2, 0.25) is 5.91 Å². The molecular formula is C13H20N2O2S. The largest absolute Gasteiger partial charge is 0.392 e. The van der Waals surface area contributed by atoms with Crippen LogP contribution >= 0.6 is 12.2 Å². The summed E-state index contributed by atoms with van der Waals surface area (Å²) in [6.07, 6.45) is 6.43. The van der Waals surface area contributed by atoms with Crippen molar-refractivity contribution in [3.63, 3.8) is 0 Å². The van der Waals surface area contributed by atoms with Crippen LogP contribution < -0.4 is 5.73 Å². The molecule has 1 aliphatic heterocycles. The summed E-state index contributed by atoms with van der Waals surface area (Å²) in [6, 6.07) is 0.256. The summed E-state index contributed by atoms with van der Waals surface area (Å²) in [6.45, 7) is 1.35. The topological polar surface area (TPSA) is 55.6 Å². The van der Waals surface area contributed by atoms with E-state index in [1.165, 1.54) is 12.8 Å². The quantitative estimate of drug-likeness (QED) is 0.765. The standard InChI is InChI=1S/C13H20N2O2S/c14-11(18)13(5-6-13)12(16)15-7-8-17-10-4-2-1-3-9(10)15/h9-10H,1-8H2,(H2,14,18). The van der Waals surface area contributed by atoms with Crippen LogP contribution in [0.2, 0.25) is 0 Å². The molecule has 18 heavy (non-hydrogen) atoms. The molecule has 3 fully saturated rings. The maximum Gasteiger partial charge on any atom is 0.236 e. The monoisotopic (exact) mass is 268 g/mol. The number of hydrogen-bond donors (Lipinski definition) is 1. The number of fused-ring (bicyclic) bond motifs is 1. The Balaban J connectivity index is 1.78. The van der Waals surface area contributed by atoms with Crippen molar-refractivity contribution in [3.05, 3.63) is 0 Å². The number of nitrogens with zero attached hydrogens (tertiary/aromatic N) is 1. The van der Waals surface area contributed by atoms with Crippen LogP contribution in [-0.2, 0) is 9.53 Å². The Morgan fingerprint density at radius 3 is 2.72 bits per heavy atom. The summed E-state index contributed by atoms with van der Waals surface area (Å²) < 4.78 is 5.80. The summed E-state index contributed by atoms with van der Waals surface area (Å²) in [4.78, 5) is 15.1. The van der Waals surface area contributed by atoms with E-state index in [0.717, 1.165) is 25.7 Å². The van der Waals surface area contributed by atoms with E-state index in [4.69, 9.17) is 22.7 Å². The molecule has 0 aromatic carbocycles. The molecule has 0 radical (unpaired) electrons. The normalized spacial score (nSPS) is 33.7. The van der Waals surface area contributed by atoms with Gasteiger partial charge in [-0.2, -0.15) is 0 Å². The Kier molecular flexibility index (Phi) is 3.06. The van der Waals surface area contributed by atoms with E-state index in [1.54, 1.807) is 0 Å². The van der Waals surface area contributed by atoms with E-state index in [0.29, 0.717) is 18.1 Å². The van der Waals surface area contributed by atoms with E-state index in [2.05, 4.69) is 0 Å². The number of rotatable bonds is 2. The summed E-state index contributed by atoms with van der Waals surface area (Å²) in [5.41, 5.74) is 5.26. The molecule has 0 bridgehead atoms. The van der Waals surface area contributed by atoms with Crippen molar-refractivity contribution in [1.29, 1.82) is 0 Å². The highest BCUT2D eigenvalue weighted by molar-refractivity contribution is 7.80. The zero-order chi connectivity index (χ0) is 12.8. The van der Waals surface area contributed by atoms with E-state index >= 15 is 0 Å². The van der Waals surface area contributed by atoms with Crippen LogP contribution in [0.5, 0.6) is 0 Å². The fraction of sp³-hybridized carbons (Fsp3) is 0.846. The molecule has 1 amide bonds. The minimum atomic E-state index is -0.505. The lowest BCUT2D eigenvalue weighted by Gasteiger charge is -2.45. The van der Waals surface area contributed by atoms with Crippen molar-refractivity contribution in [2.24, 2.45) is 11.1 Å². The third-order valence-electron chi connectivity index (χ3n) is 4.62. The van der Waals surface area contributed by atoms with E-state index in [1.807, 2.05) is 4.90 Å². The highest BCUT2D eigenvalue weighted by Gasteiger charge is 2.56. The molecule has 2 unspecified atom stereocenters. The molecule has 3 rings (SSSR count). The predicted octanol–water partition coefficient (Wildman–Crippen LogP) is 1.22. The molecule has 2 atom stereocenters. The average molecular weight is 268 g/mol. The first-order valence-corrected chi connectivity index (χ1v) is 7.28. The van der Waals surface area contributed by atoms with Gasteiger partial charge in [0, 0.05) is 6.54 Å². The summed E-state index contributed by atoms with van der Waals surface area (Å²) >= 11 is 5.09. The van der Waals surface area contributed by atoms with Crippen molar-refractivity contribution in [2.45, 2.75) is 50.7 Å². The summed E-state index contributed by atoms with van der Waals surface area (Å²) in [7, 11) is 0. The molecule has 1 heterocycles. The van der Waals surface area contributed by atoms with E-state index < -0.39 is 5.41 Å². The number of nitrogens with two attached hydrogens (primary N) is 1. The van der Waals surface area contributed by atoms with Crippen molar-refractivity contribution < 1.29 is 9.53 Å². The number of hydrogen-bond acceptors (Lipinski definition) is 3. The van der Waals surface area contributed by atoms with Crippen LogP contribution in [0, 0.1) is 5.41 Å². The lowest BCUT2D eigenvalue weighted by Crippen LogP contribution is -2.57. The highest BCUT2D eigenvalue weighted by atomic mass is 32.1. The molecule has 2 N–H and O–H groups in total. The number of carbonyl (C=O) groups is 1. The van der Waals surface area contributed by atoms with Crippen molar-refractivity contribution in [1.82, 2.24) is 4.90 Å². The predicted molar refractivity (Wildman–Crippen MR) is 72.2 cm³/mol. The Hall–Kier alpha value is -0.680. The van der Waals surface area contributed by atoms with Crippen molar-refractivity contribution >= 4 is 23.1 Å². The van der Waals surface area contributed by atoms with Crippen LogP contribution in [0.15, 0.2) is 0 Å². The van der Waals surface area contributed by atoms with E-state index in [-0.39, 0.29) is 18.1 Å². The van der Waals surface area contributed by atoms with Crippen molar-refractivity contribution in [3.8, 4) is 0 Å². The molecule has 0 aromatic heterocycles. The van der Waals surface area contributed by atoms with Crippen LogP contribution in [0.1, 0.15) is 38.5 Å². The first kappa shape index (κ1) is 12.4. The molecule has 3 aliphatic rings. The maximum atomic E-state index is 12.7. The lowest BCUT2D eigenvalue weighted by atomic mass is 9.89. The lowest BCUT2D eigenvalue weighted by molar-refractivity contribution is -0.152. The van der Waals surface area contributed by atoms with Gasteiger partial charge in [-0.15, -0.1) is 0 Å². The van der Waals surface area contributed by atoms with Crippen LogP contribution in [0.4, 0.5) is 0 Å². The molecule has 100 valence electrons. The smallest absolute Gasteiger partial charge is 0.236 e. The van der Waals surface area contributed by atoms with Gasteiger partial charge < -0.3 is 15.4 Å². The minimum Gasteiger partial charge on any atom is -0.392 e. The zero-order valence-electron chi connectivity index (χ0n) is 10.6. The third-order valence-corrected chi connectivity index (χ3v) is 5.01. The molecule has 5 heteroatoms. The first-order chi connectivity index (χ1) is 8.65. The fourth-order valence-corrected chi connectivity index (χ4v) is 3.61. The van der Waals surface area contributed by atoms with Gasteiger partial charge in [0.15, 0.2) is 0 Å². The number of morpholine rings is 1. The number of ether oxygens (including phenoxy) is 1. The second-order valence-corrected chi connectivity index (χ2v) is 6.15. The maximum absolute atomic E-state index is 12.7. The second kappa shape index (κ2) is 4.46. The molecule has 2 saturated carbocycles. The minimum absolute atomic E-state index is 0.162. The molecule has 0 aromatic rings. The Labute approximate surface area is 113 Å². The van der Waals surface area contributed by atoms with Crippen LogP contribution in [0.3, 0.4) is 0 Å². The van der Waals surface area contributed by atoms with Gasteiger partial charge in [0.25, 0.3) is 0 Å². The molecule has 4 nitrogen and oxygen atoms in total. The molecule has 2 aliphatic carbocycles. The van der Waals surface area contributed by atoms with Gasteiger partial charge in [0.05, 0.1) is 29.2 Å². The number of carbonyl (C=O) groups excluding carboxylic acids is 1. The molecular weight excluding hydrogens is 248 g/mol. The Morgan fingerprint density at radius 2 is 2.06 bits per heavy atom. The van der Waals surface area contributed by atoms with Gasteiger partial charge in [-0.3, -0.25) is 4.79 Å². The SMILES string of the molecule is NC(=S)C1(C(=O)N2CCOC3CCCCC32)CC1. The zero-order valence-corrected chi connectivity index (χ0v) is 11.4. The second-order valence-electron chi connectivity index (χ2n) is 5.71. The van der Waals surface area contributed by atoms with Gasteiger partial charge in [-0.1, -0.05) is 25.1 Å². The Bertz CT molecular complexity index is 379. The fourth-order valence-electron chi connectivity index (χ4n) is 3.31. The molecule has 0 spiro atoms. The third kappa shape index (κ3) is 1.84. The van der Waals surface area contributed by atoms with Gasteiger partial charge in [0.1, 0.15) is 0 Å². The van der Waals surface area contributed by atoms with Crippen LogP contribution in [0.25, 0.3) is 0 Å². The van der Waals surface area contributed by atoms with Gasteiger partial charge >= 0.3 is 0 Å². The average Bonchev–Trinajstić information content (AvgIpc) is 3.19. The van der Waals surface area contributed by atoms with Crippen molar-refractivity contribution in [2.75, 3.05) is 13.2 Å². The summed E-state index contributed by atoms with van der Waals surface area (Å²) in [5.74, 6) is 0.162. The Morgan fingerprint density at radius 1 is 1.33 bits per heavy atom. The molecule has 1 saturated heterocycles. The highest BCUT2D eigenvalue weighted by Crippen LogP contribution is 2.48. The number of amides is 1. The van der Waals surface area contributed by atoms with Gasteiger partial charge in [-0.25, -0.2) is 0 Å². The van der Waals surface area contributed by atoms with Gasteiger partial charge in [-0.05, 0) is 25.7 Å². The summed E-state index contributed by atoms with van der Waals surface area (Å²) in [5, 5.41) is 0.